The molecule has 0 saturated heterocycles. The van der Waals surface area contributed by atoms with E-state index in [1.807, 2.05) is 19.1 Å². The van der Waals surface area contributed by atoms with Gasteiger partial charge in [0.25, 0.3) is 0 Å². The standard InChI is InChI=1S/C11H9N5O2S/c1-7-2-3-8(5-12)9(4-7)19-11-13-14-15-16(11)6-10(17)18/h2-4H,6H2,1H3,(H,17,18). The third-order valence-electron chi connectivity index (χ3n) is 2.24. The van der Waals surface area contributed by atoms with Gasteiger partial charge in [0.05, 0.1) is 5.56 Å². The number of rotatable bonds is 4. The summed E-state index contributed by atoms with van der Waals surface area (Å²) in [7, 11) is 0. The van der Waals surface area contributed by atoms with Gasteiger partial charge in [-0.1, -0.05) is 6.07 Å². The van der Waals surface area contributed by atoms with Gasteiger partial charge in [0.2, 0.25) is 5.16 Å². The third kappa shape index (κ3) is 3.08. The highest BCUT2D eigenvalue weighted by atomic mass is 32.2. The molecule has 0 saturated carbocycles. The zero-order valence-electron chi connectivity index (χ0n) is 9.94. The maximum Gasteiger partial charge on any atom is 0.325 e. The van der Waals surface area contributed by atoms with Gasteiger partial charge in [0.1, 0.15) is 12.6 Å². The predicted octanol–water partition coefficient (Wildman–Crippen LogP) is 1.09. The Morgan fingerprint density at radius 3 is 3.05 bits per heavy atom. The van der Waals surface area contributed by atoms with Crippen LogP contribution in [0, 0.1) is 18.3 Å². The SMILES string of the molecule is Cc1ccc(C#N)c(Sc2nnnn2CC(=O)O)c1. The number of aromatic nitrogens is 4. The van der Waals surface area contributed by atoms with Crippen LogP contribution < -0.4 is 0 Å². The summed E-state index contributed by atoms with van der Waals surface area (Å²) >= 11 is 1.17. The lowest BCUT2D eigenvalue weighted by molar-refractivity contribution is -0.138. The first-order chi connectivity index (χ1) is 9.10. The Morgan fingerprint density at radius 1 is 1.58 bits per heavy atom. The van der Waals surface area contributed by atoms with Gasteiger partial charge in [-0.05, 0) is 46.8 Å². The molecule has 0 unspecified atom stereocenters. The molecule has 0 spiro atoms. The molecule has 0 aliphatic heterocycles. The number of hydrogen-bond donors (Lipinski definition) is 1. The third-order valence-corrected chi connectivity index (χ3v) is 3.28. The van der Waals surface area contributed by atoms with E-state index in [0.29, 0.717) is 15.6 Å². The van der Waals surface area contributed by atoms with Gasteiger partial charge in [-0.2, -0.15) is 5.26 Å². The summed E-state index contributed by atoms with van der Waals surface area (Å²) in [5, 5.41) is 28.9. The summed E-state index contributed by atoms with van der Waals surface area (Å²) in [6, 6.07) is 7.46. The van der Waals surface area contributed by atoms with Crippen LogP contribution in [0.1, 0.15) is 11.1 Å². The first-order valence-electron chi connectivity index (χ1n) is 5.26. The molecule has 1 aromatic heterocycles. The number of carboxylic acids is 1. The minimum absolute atomic E-state index is 0.316. The summed E-state index contributed by atoms with van der Waals surface area (Å²) < 4.78 is 1.18. The van der Waals surface area contributed by atoms with Crippen LogP contribution in [0.5, 0.6) is 0 Å². The Balaban J connectivity index is 2.31. The molecule has 96 valence electrons. The monoisotopic (exact) mass is 275 g/mol. The molecule has 1 aromatic carbocycles. The fourth-order valence-electron chi connectivity index (χ4n) is 1.40. The predicted molar refractivity (Wildman–Crippen MR) is 65.5 cm³/mol. The lowest BCUT2D eigenvalue weighted by Crippen LogP contribution is -2.11. The maximum atomic E-state index is 10.7. The Bertz CT molecular complexity index is 661. The average Bonchev–Trinajstić information content (AvgIpc) is 2.76. The van der Waals surface area contributed by atoms with Crippen molar-refractivity contribution in [2.24, 2.45) is 0 Å². The Morgan fingerprint density at radius 2 is 2.37 bits per heavy atom. The van der Waals surface area contributed by atoms with Crippen LogP contribution in [-0.4, -0.2) is 31.3 Å². The molecule has 19 heavy (non-hydrogen) atoms. The van der Waals surface area contributed by atoms with Crippen molar-refractivity contribution in [1.29, 1.82) is 5.26 Å². The van der Waals surface area contributed by atoms with Crippen LogP contribution in [0.3, 0.4) is 0 Å². The van der Waals surface area contributed by atoms with E-state index in [4.69, 9.17) is 10.4 Å². The van der Waals surface area contributed by atoms with E-state index in [1.165, 1.54) is 16.4 Å². The fourth-order valence-corrected chi connectivity index (χ4v) is 2.35. The lowest BCUT2D eigenvalue weighted by atomic mass is 10.2. The Kier molecular flexibility index (Phi) is 3.77. The number of hydrogen-bond acceptors (Lipinski definition) is 6. The molecule has 2 rings (SSSR count). The van der Waals surface area contributed by atoms with E-state index in [9.17, 15) is 4.79 Å². The van der Waals surface area contributed by atoms with E-state index in [2.05, 4.69) is 21.6 Å². The zero-order valence-corrected chi connectivity index (χ0v) is 10.8. The number of carboxylic acid groups (broad SMARTS) is 1. The molecule has 1 N–H and O–H groups in total. The summed E-state index contributed by atoms with van der Waals surface area (Å²) in [4.78, 5) is 11.4. The van der Waals surface area contributed by atoms with Gasteiger partial charge < -0.3 is 5.11 Å². The molecular formula is C11H9N5O2S. The quantitative estimate of drug-likeness (QED) is 0.890. The molecule has 0 radical (unpaired) electrons. The maximum absolute atomic E-state index is 10.7. The summed E-state index contributed by atoms with van der Waals surface area (Å²) in [5.74, 6) is -1.03. The number of aryl methyl sites for hydroxylation is 1. The number of carbonyl (C=O) groups is 1. The molecule has 0 atom stereocenters. The number of nitrogens with zero attached hydrogens (tertiary/aromatic N) is 5. The molecule has 0 amide bonds. The van der Waals surface area contributed by atoms with Gasteiger partial charge in [0.15, 0.2) is 0 Å². The highest BCUT2D eigenvalue weighted by Gasteiger charge is 2.13. The van der Waals surface area contributed by atoms with E-state index >= 15 is 0 Å². The van der Waals surface area contributed by atoms with Crippen LogP contribution in [0.25, 0.3) is 0 Å². The molecule has 7 nitrogen and oxygen atoms in total. The van der Waals surface area contributed by atoms with E-state index in [0.717, 1.165) is 5.56 Å². The van der Waals surface area contributed by atoms with Crippen LogP contribution >= 0.6 is 11.8 Å². The van der Waals surface area contributed by atoms with E-state index < -0.39 is 5.97 Å². The summed E-state index contributed by atoms with van der Waals surface area (Å²) in [6.07, 6.45) is 0. The van der Waals surface area contributed by atoms with Gasteiger partial charge in [0, 0.05) is 4.90 Å². The van der Waals surface area contributed by atoms with E-state index in [-0.39, 0.29) is 6.54 Å². The molecule has 0 aliphatic rings. The first-order valence-corrected chi connectivity index (χ1v) is 6.08. The second kappa shape index (κ2) is 5.49. The van der Waals surface area contributed by atoms with Gasteiger partial charge in [-0.15, -0.1) is 5.10 Å². The Labute approximate surface area is 112 Å². The average molecular weight is 275 g/mol. The minimum Gasteiger partial charge on any atom is -0.480 e. The van der Waals surface area contributed by atoms with Crippen molar-refractivity contribution in [1.82, 2.24) is 20.2 Å². The number of tetrazole rings is 1. The molecule has 0 bridgehead atoms. The van der Waals surface area contributed by atoms with Crippen molar-refractivity contribution in [3.05, 3.63) is 29.3 Å². The summed E-state index contributed by atoms with van der Waals surface area (Å²) in [5.41, 5.74) is 1.50. The largest absolute Gasteiger partial charge is 0.480 e. The number of nitriles is 1. The zero-order chi connectivity index (χ0) is 13.8. The summed E-state index contributed by atoms with van der Waals surface area (Å²) in [6.45, 7) is 1.59. The van der Waals surface area contributed by atoms with Gasteiger partial charge in [-0.3, -0.25) is 4.79 Å². The molecule has 1 heterocycles. The van der Waals surface area contributed by atoms with Crippen LogP contribution in [0.2, 0.25) is 0 Å². The highest BCUT2D eigenvalue weighted by Crippen LogP contribution is 2.29. The van der Waals surface area contributed by atoms with E-state index in [1.54, 1.807) is 6.07 Å². The van der Waals surface area contributed by atoms with Crippen molar-refractivity contribution >= 4 is 17.7 Å². The number of benzene rings is 1. The lowest BCUT2D eigenvalue weighted by Gasteiger charge is -2.04. The minimum atomic E-state index is -1.03. The van der Waals surface area contributed by atoms with Crippen molar-refractivity contribution in [2.75, 3.05) is 0 Å². The van der Waals surface area contributed by atoms with Crippen molar-refractivity contribution in [3.63, 3.8) is 0 Å². The van der Waals surface area contributed by atoms with Gasteiger partial charge in [-0.25, -0.2) is 4.68 Å². The second-order valence-electron chi connectivity index (χ2n) is 3.73. The normalized spacial score (nSPS) is 10.1. The highest BCUT2D eigenvalue weighted by molar-refractivity contribution is 7.99. The number of aliphatic carboxylic acids is 1. The fraction of sp³-hybridized carbons (Fsp3) is 0.182. The molecular weight excluding hydrogens is 266 g/mol. The van der Waals surface area contributed by atoms with Crippen molar-refractivity contribution < 1.29 is 9.90 Å². The molecule has 8 heteroatoms. The topological polar surface area (TPSA) is 105 Å². The smallest absolute Gasteiger partial charge is 0.325 e. The second-order valence-corrected chi connectivity index (χ2v) is 4.74. The van der Waals surface area contributed by atoms with Crippen molar-refractivity contribution in [3.8, 4) is 6.07 Å². The van der Waals surface area contributed by atoms with Crippen LogP contribution in [0.4, 0.5) is 0 Å². The molecule has 0 fully saturated rings. The first kappa shape index (κ1) is 13.0. The molecule has 2 aromatic rings. The van der Waals surface area contributed by atoms with Crippen LogP contribution in [0.15, 0.2) is 28.3 Å². The van der Waals surface area contributed by atoms with Crippen molar-refractivity contribution in [2.45, 2.75) is 23.5 Å². The molecule has 0 aliphatic carbocycles. The Hall–Kier alpha value is -2.40. The van der Waals surface area contributed by atoms with Crippen LogP contribution in [-0.2, 0) is 11.3 Å². The van der Waals surface area contributed by atoms with Gasteiger partial charge >= 0.3 is 5.97 Å².